The van der Waals surface area contributed by atoms with Crippen LogP contribution in [0.5, 0.6) is 0 Å². The van der Waals surface area contributed by atoms with Gasteiger partial charge < -0.3 is 4.74 Å². The molecule has 0 aromatic carbocycles. The molecule has 4 heteroatoms. The van der Waals surface area contributed by atoms with E-state index >= 15 is 0 Å². The molecule has 0 heterocycles. The van der Waals surface area contributed by atoms with Gasteiger partial charge in [0.15, 0.2) is 0 Å². The van der Waals surface area contributed by atoms with E-state index in [2.05, 4.69) is 13.8 Å². The Hall–Kier alpha value is 0.400. The molecule has 0 atom stereocenters. The van der Waals surface area contributed by atoms with E-state index in [0.717, 1.165) is 25.7 Å². The van der Waals surface area contributed by atoms with Gasteiger partial charge >= 0.3 is 49.7 Å². The van der Waals surface area contributed by atoms with E-state index in [1.807, 2.05) is 0 Å². The molecule has 0 aromatic rings. The van der Waals surface area contributed by atoms with Crippen LogP contribution in [0.4, 0.5) is 0 Å². The van der Waals surface area contributed by atoms with Gasteiger partial charge in [0, 0.05) is 12.8 Å². The summed E-state index contributed by atoms with van der Waals surface area (Å²) in [6.07, 6.45) is 34.3. The van der Waals surface area contributed by atoms with Crippen molar-refractivity contribution in [2.75, 3.05) is 0 Å². The third kappa shape index (κ3) is 32.4. The molecule has 0 saturated carbocycles. The third-order valence-corrected chi connectivity index (χ3v) is 7.20. The molecule has 0 N–H and O–H groups in total. The first-order valence-corrected chi connectivity index (χ1v) is 15.9. The van der Waals surface area contributed by atoms with Crippen LogP contribution in [-0.4, -0.2) is 49.7 Å². The molecular formula is C32H64CaO3. The topological polar surface area (TPSA) is 43.4 Å². The van der Waals surface area contributed by atoms with Gasteiger partial charge in [0.05, 0.1) is 0 Å². The maximum absolute atomic E-state index is 11.8. The van der Waals surface area contributed by atoms with Crippen LogP contribution >= 0.6 is 0 Å². The summed E-state index contributed by atoms with van der Waals surface area (Å²) in [6.45, 7) is 4.53. The Labute approximate surface area is 256 Å². The Morgan fingerprint density at radius 3 is 0.778 bits per heavy atom. The van der Waals surface area contributed by atoms with Crippen molar-refractivity contribution in [1.29, 1.82) is 0 Å². The number of hydrogen-bond donors (Lipinski definition) is 0. The molecular weight excluding hydrogens is 472 g/mol. The van der Waals surface area contributed by atoms with Crippen LogP contribution in [0.1, 0.15) is 194 Å². The molecule has 0 aliphatic carbocycles. The summed E-state index contributed by atoms with van der Waals surface area (Å²) in [4.78, 5) is 23.7. The van der Waals surface area contributed by atoms with Crippen molar-refractivity contribution in [3.8, 4) is 0 Å². The first-order valence-electron chi connectivity index (χ1n) is 15.9. The molecule has 36 heavy (non-hydrogen) atoms. The molecule has 0 saturated heterocycles. The van der Waals surface area contributed by atoms with Crippen LogP contribution < -0.4 is 0 Å². The molecule has 0 rings (SSSR count). The van der Waals surface area contributed by atoms with Gasteiger partial charge in [-0.3, -0.25) is 9.59 Å². The van der Waals surface area contributed by atoms with Crippen molar-refractivity contribution in [2.45, 2.75) is 194 Å². The fourth-order valence-electron chi connectivity index (χ4n) is 4.80. The van der Waals surface area contributed by atoms with Crippen LogP contribution in [0, 0.1) is 0 Å². The Bertz CT molecular complexity index is 453. The van der Waals surface area contributed by atoms with Gasteiger partial charge in [-0.2, -0.15) is 0 Å². The van der Waals surface area contributed by atoms with Crippen molar-refractivity contribution >= 4 is 49.7 Å². The Morgan fingerprint density at radius 2 is 0.556 bits per heavy atom. The van der Waals surface area contributed by atoms with E-state index < -0.39 is 0 Å². The zero-order chi connectivity index (χ0) is 25.7. The summed E-state index contributed by atoms with van der Waals surface area (Å²) < 4.78 is 4.98. The Kier molecular flexibility index (Phi) is 35.8. The molecule has 3 nitrogen and oxygen atoms in total. The van der Waals surface area contributed by atoms with E-state index in [1.54, 1.807) is 0 Å². The summed E-state index contributed by atoms with van der Waals surface area (Å²) in [5.74, 6) is -0.653. The number of carbonyl (C=O) groups is 2. The van der Waals surface area contributed by atoms with Gasteiger partial charge in [0.25, 0.3) is 0 Å². The molecule has 212 valence electrons. The summed E-state index contributed by atoms with van der Waals surface area (Å²) in [5, 5.41) is 0. The van der Waals surface area contributed by atoms with Gasteiger partial charge in [-0.25, -0.2) is 0 Å². The van der Waals surface area contributed by atoms with Crippen molar-refractivity contribution in [1.82, 2.24) is 0 Å². The first kappa shape index (κ1) is 38.5. The average molecular weight is 537 g/mol. The van der Waals surface area contributed by atoms with Gasteiger partial charge in [-0.1, -0.05) is 168 Å². The van der Waals surface area contributed by atoms with E-state index in [1.165, 1.54) is 141 Å². The van der Waals surface area contributed by atoms with Crippen molar-refractivity contribution in [2.24, 2.45) is 0 Å². The van der Waals surface area contributed by atoms with E-state index in [9.17, 15) is 9.59 Å². The van der Waals surface area contributed by atoms with E-state index in [-0.39, 0.29) is 49.7 Å². The zero-order valence-electron chi connectivity index (χ0n) is 24.0. The number of carbonyl (C=O) groups excluding carboxylic acids is 2. The number of ether oxygens (including phenoxy) is 1. The summed E-state index contributed by atoms with van der Waals surface area (Å²) in [6, 6.07) is 0. The summed E-state index contributed by atoms with van der Waals surface area (Å²) in [7, 11) is 0. The molecule has 0 aliphatic heterocycles. The third-order valence-electron chi connectivity index (χ3n) is 7.20. The number of rotatable bonds is 28. The minimum absolute atomic E-state index is 0. The normalized spacial score (nSPS) is 10.8. The quantitative estimate of drug-likeness (QED) is 0.0432. The predicted molar refractivity (Wildman–Crippen MR) is 160 cm³/mol. The van der Waals surface area contributed by atoms with Crippen molar-refractivity contribution < 1.29 is 14.3 Å². The second-order valence-electron chi connectivity index (χ2n) is 10.8. The number of unbranched alkanes of at least 4 members (excludes halogenated alkanes) is 24. The molecule has 0 fully saturated rings. The van der Waals surface area contributed by atoms with Crippen LogP contribution in [0.3, 0.4) is 0 Å². The molecule has 0 spiro atoms. The molecule has 0 aliphatic rings. The fourth-order valence-corrected chi connectivity index (χ4v) is 4.80. The molecule has 0 unspecified atom stereocenters. The van der Waals surface area contributed by atoms with Crippen molar-refractivity contribution in [3.63, 3.8) is 0 Å². The van der Waals surface area contributed by atoms with Crippen LogP contribution in [0.2, 0.25) is 0 Å². The van der Waals surface area contributed by atoms with Crippen LogP contribution in [-0.2, 0) is 14.3 Å². The van der Waals surface area contributed by atoms with Gasteiger partial charge in [0.1, 0.15) is 0 Å². The van der Waals surface area contributed by atoms with Gasteiger partial charge in [-0.05, 0) is 12.8 Å². The molecule has 0 amide bonds. The second-order valence-corrected chi connectivity index (χ2v) is 10.8. The fraction of sp³-hybridized carbons (Fsp3) is 0.938. The summed E-state index contributed by atoms with van der Waals surface area (Å²) in [5.41, 5.74) is 0. The summed E-state index contributed by atoms with van der Waals surface area (Å²) >= 11 is 0. The zero-order valence-corrected chi connectivity index (χ0v) is 24.0. The monoisotopic (exact) mass is 536 g/mol. The van der Waals surface area contributed by atoms with E-state index in [0.29, 0.717) is 12.8 Å². The minimum atomic E-state index is -0.327. The first-order chi connectivity index (χ1) is 17.2. The van der Waals surface area contributed by atoms with Gasteiger partial charge in [-0.15, -0.1) is 0 Å². The standard InChI is InChI=1S/C32H62O3.Ca.2H/c1-3-5-7-9-11-13-15-16-17-18-20-22-24-26-28-30-32(34)35-31(33)29-27-25-23-21-19-14-12-10-8-6-4-2;;;/h3-30H2,1-2H3;;;. The van der Waals surface area contributed by atoms with Gasteiger partial charge in [0.2, 0.25) is 0 Å². The number of esters is 2. The van der Waals surface area contributed by atoms with E-state index in [4.69, 9.17) is 4.74 Å². The second kappa shape index (κ2) is 33.4. The molecule has 0 bridgehead atoms. The molecule has 0 aromatic heterocycles. The SMILES string of the molecule is CCCCCCCCCCCCCCCCCC(=O)OC(=O)CCCCCCCCCCCCC.[CaH2]. The van der Waals surface area contributed by atoms with Crippen molar-refractivity contribution in [3.05, 3.63) is 0 Å². The number of hydrogen-bond acceptors (Lipinski definition) is 3. The molecule has 0 radical (unpaired) electrons. The average Bonchev–Trinajstić information content (AvgIpc) is 2.85. The maximum atomic E-state index is 11.8. The van der Waals surface area contributed by atoms with Crippen LogP contribution in [0.25, 0.3) is 0 Å². The predicted octanol–water partition coefficient (Wildman–Crippen LogP) is 10.1. The van der Waals surface area contributed by atoms with Crippen LogP contribution in [0.15, 0.2) is 0 Å². The Morgan fingerprint density at radius 1 is 0.361 bits per heavy atom. The Balaban J connectivity index is 0.